The van der Waals surface area contributed by atoms with Crippen molar-refractivity contribution in [3.8, 4) is 0 Å². The van der Waals surface area contributed by atoms with Gasteiger partial charge in [0.2, 0.25) is 0 Å². The molecule has 0 N–H and O–H groups in total. The minimum atomic E-state index is 0.337. The molecule has 1 aliphatic carbocycles. The van der Waals surface area contributed by atoms with Crippen LogP contribution in [-0.4, -0.2) is 0 Å². The van der Waals surface area contributed by atoms with Crippen molar-refractivity contribution in [2.24, 2.45) is 5.92 Å². The van der Waals surface area contributed by atoms with Crippen molar-refractivity contribution in [2.45, 2.75) is 26.2 Å². The van der Waals surface area contributed by atoms with Crippen molar-refractivity contribution in [2.75, 3.05) is 0 Å². The molecule has 46 valence electrons. The Kier molecular flexibility index (Phi) is 1.56. The van der Waals surface area contributed by atoms with Gasteiger partial charge in [-0.25, -0.2) is 0 Å². The SMILES string of the molecule is CC1CCC=C([O-])C1. The molecular weight excluding hydrogens is 100 g/mol. The van der Waals surface area contributed by atoms with Crippen molar-refractivity contribution in [1.82, 2.24) is 0 Å². The van der Waals surface area contributed by atoms with Crippen LogP contribution in [-0.2, 0) is 0 Å². The van der Waals surface area contributed by atoms with E-state index in [1.54, 1.807) is 6.08 Å². The Morgan fingerprint density at radius 3 is 2.88 bits per heavy atom. The van der Waals surface area contributed by atoms with Crippen molar-refractivity contribution < 1.29 is 5.11 Å². The van der Waals surface area contributed by atoms with Gasteiger partial charge in [0.25, 0.3) is 0 Å². The first-order valence-electron chi connectivity index (χ1n) is 3.15. The second kappa shape index (κ2) is 2.21. The quantitative estimate of drug-likeness (QED) is 0.458. The smallest absolute Gasteiger partial charge is 0.0354 e. The molecule has 0 aromatic carbocycles. The lowest BCUT2D eigenvalue weighted by molar-refractivity contribution is -0.309. The maximum atomic E-state index is 10.6. The fourth-order valence-corrected chi connectivity index (χ4v) is 1.06. The Balaban J connectivity index is 2.45. The van der Waals surface area contributed by atoms with Crippen molar-refractivity contribution in [1.29, 1.82) is 0 Å². The summed E-state index contributed by atoms with van der Waals surface area (Å²) in [6.07, 6.45) is 4.78. The van der Waals surface area contributed by atoms with Gasteiger partial charge in [-0.05, 0) is 25.2 Å². The lowest BCUT2D eigenvalue weighted by atomic mass is 9.95. The fourth-order valence-electron chi connectivity index (χ4n) is 1.06. The summed E-state index contributed by atoms with van der Waals surface area (Å²) in [5, 5.41) is 10.6. The molecule has 1 aliphatic rings. The number of allylic oxidation sites excluding steroid dienone is 2. The lowest BCUT2D eigenvalue weighted by Crippen LogP contribution is -2.11. The molecule has 1 nitrogen and oxygen atoms in total. The fraction of sp³-hybridized carbons (Fsp3) is 0.714. The molecule has 1 rings (SSSR count). The Bertz CT molecular complexity index is 105. The van der Waals surface area contributed by atoms with Crippen LogP contribution in [0.15, 0.2) is 11.8 Å². The average molecular weight is 111 g/mol. The largest absolute Gasteiger partial charge is 0.876 e. The highest BCUT2D eigenvalue weighted by atomic mass is 16.3. The predicted octanol–water partition coefficient (Wildman–Crippen LogP) is 1.05. The Morgan fingerprint density at radius 1 is 1.75 bits per heavy atom. The molecule has 0 heterocycles. The number of hydrogen-bond donors (Lipinski definition) is 0. The lowest BCUT2D eigenvalue weighted by Gasteiger charge is -2.21. The molecule has 0 aromatic heterocycles. The van der Waals surface area contributed by atoms with E-state index in [4.69, 9.17) is 0 Å². The third-order valence-corrected chi connectivity index (χ3v) is 1.58. The summed E-state index contributed by atoms with van der Waals surface area (Å²) in [6, 6.07) is 0. The van der Waals surface area contributed by atoms with E-state index in [1.807, 2.05) is 0 Å². The average Bonchev–Trinajstić information content (AvgIpc) is 1.64. The van der Waals surface area contributed by atoms with Gasteiger partial charge in [0.15, 0.2) is 0 Å². The van der Waals surface area contributed by atoms with Crippen LogP contribution < -0.4 is 5.11 Å². The summed E-state index contributed by atoms with van der Waals surface area (Å²) in [5.74, 6) is 0.969. The van der Waals surface area contributed by atoms with Gasteiger partial charge < -0.3 is 5.11 Å². The third kappa shape index (κ3) is 1.25. The minimum absolute atomic E-state index is 0.337. The maximum absolute atomic E-state index is 10.6. The van der Waals surface area contributed by atoms with Crippen LogP contribution in [0, 0.1) is 5.92 Å². The third-order valence-electron chi connectivity index (χ3n) is 1.58. The highest BCUT2D eigenvalue weighted by molar-refractivity contribution is 4.94. The van der Waals surface area contributed by atoms with Crippen LogP contribution in [0.1, 0.15) is 26.2 Å². The van der Waals surface area contributed by atoms with Crippen molar-refractivity contribution in [3.05, 3.63) is 11.8 Å². The second-order valence-electron chi connectivity index (χ2n) is 2.56. The molecule has 0 spiro atoms. The van der Waals surface area contributed by atoms with Gasteiger partial charge in [-0.1, -0.05) is 13.0 Å². The second-order valence-corrected chi connectivity index (χ2v) is 2.56. The van der Waals surface area contributed by atoms with E-state index in [0.717, 1.165) is 12.8 Å². The van der Waals surface area contributed by atoms with E-state index in [-0.39, 0.29) is 0 Å². The van der Waals surface area contributed by atoms with Crippen molar-refractivity contribution in [3.63, 3.8) is 0 Å². The zero-order chi connectivity index (χ0) is 5.98. The van der Waals surface area contributed by atoms with Crippen LogP contribution >= 0.6 is 0 Å². The minimum Gasteiger partial charge on any atom is -0.876 e. The van der Waals surface area contributed by atoms with E-state index in [9.17, 15) is 5.11 Å². The van der Waals surface area contributed by atoms with Gasteiger partial charge in [-0.2, -0.15) is 0 Å². The predicted molar refractivity (Wildman–Crippen MR) is 31.1 cm³/mol. The van der Waals surface area contributed by atoms with E-state index in [2.05, 4.69) is 6.92 Å². The van der Waals surface area contributed by atoms with Crippen LogP contribution in [0.3, 0.4) is 0 Å². The molecule has 8 heavy (non-hydrogen) atoms. The molecule has 1 atom stereocenters. The number of hydrogen-bond acceptors (Lipinski definition) is 1. The molecule has 0 amide bonds. The Hall–Kier alpha value is -0.460. The first-order chi connectivity index (χ1) is 3.79. The maximum Gasteiger partial charge on any atom is -0.0354 e. The van der Waals surface area contributed by atoms with Gasteiger partial charge in [0, 0.05) is 0 Å². The summed E-state index contributed by atoms with van der Waals surface area (Å²) in [7, 11) is 0. The van der Waals surface area contributed by atoms with Gasteiger partial charge >= 0.3 is 0 Å². The summed E-state index contributed by atoms with van der Waals surface area (Å²) < 4.78 is 0. The summed E-state index contributed by atoms with van der Waals surface area (Å²) in [6.45, 7) is 2.13. The highest BCUT2D eigenvalue weighted by Gasteiger charge is 2.03. The van der Waals surface area contributed by atoms with Crippen molar-refractivity contribution >= 4 is 0 Å². The van der Waals surface area contributed by atoms with E-state index in [0.29, 0.717) is 11.7 Å². The van der Waals surface area contributed by atoms with Crippen LogP contribution in [0.25, 0.3) is 0 Å². The molecule has 0 bridgehead atoms. The number of rotatable bonds is 0. The van der Waals surface area contributed by atoms with Gasteiger partial charge in [0.1, 0.15) is 0 Å². The normalized spacial score (nSPS) is 29.6. The Labute approximate surface area is 50.0 Å². The molecule has 1 unspecified atom stereocenters. The monoisotopic (exact) mass is 111 g/mol. The summed E-state index contributed by atoms with van der Waals surface area (Å²) >= 11 is 0. The first-order valence-corrected chi connectivity index (χ1v) is 3.15. The van der Waals surface area contributed by atoms with Gasteiger partial charge in [-0.15, -0.1) is 5.76 Å². The summed E-state index contributed by atoms with van der Waals surface area (Å²) in [5.41, 5.74) is 0. The molecule has 0 saturated heterocycles. The molecule has 0 saturated carbocycles. The molecule has 0 aliphatic heterocycles. The molecular formula is C7H11O-. The standard InChI is InChI=1S/C7H12O/c1-6-3-2-4-7(8)5-6/h4,6,8H,2-3,5H2,1H3/p-1. The summed E-state index contributed by atoms with van der Waals surface area (Å²) in [4.78, 5) is 0. The van der Waals surface area contributed by atoms with Gasteiger partial charge in [-0.3, -0.25) is 0 Å². The van der Waals surface area contributed by atoms with E-state index in [1.165, 1.54) is 6.42 Å². The first kappa shape index (κ1) is 5.67. The highest BCUT2D eigenvalue weighted by Crippen LogP contribution is 2.19. The topological polar surface area (TPSA) is 23.1 Å². The molecule has 1 heteroatoms. The van der Waals surface area contributed by atoms with E-state index >= 15 is 0 Å². The Morgan fingerprint density at radius 2 is 2.50 bits per heavy atom. The zero-order valence-corrected chi connectivity index (χ0v) is 5.18. The zero-order valence-electron chi connectivity index (χ0n) is 5.18. The van der Waals surface area contributed by atoms with Gasteiger partial charge in [0.05, 0.1) is 0 Å². The van der Waals surface area contributed by atoms with E-state index < -0.39 is 0 Å². The molecule has 0 radical (unpaired) electrons. The van der Waals surface area contributed by atoms with Crippen LogP contribution in [0.2, 0.25) is 0 Å². The molecule has 0 fully saturated rings. The van der Waals surface area contributed by atoms with Crippen LogP contribution in [0.5, 0.6) is 0 Å². The van der Waals surface area contributed by atoms with Crippen LogP contribution in [0.4, 0.5) is 0 Å². The molecule has 0 aromatic rings.